The fourth-order valence-electron chi connectivity index (χ4n) is 5.87. The van der Waals surface area contributed by atoms with Crippen LogP contribution in [-0.2, 0) is 32.7 Å². The lowest BCUT2D eigenvalue weighted by molar-refractivity contribution is -0.220. The van der Waals surface area contributed by atoms with Crippen molar-refractivity contribution in [1.29, 1.82) is 0 Å². The predicted octanol–water partition coefficient (Wildman–Crippen LogP) is 5.94. The third-order valence-corrected chi connectivity index (χ3v) is 10.1. The fourth-order valence-corrected chi connectivity index (χ4v) is 6.84. The summed E-state index contributed by atoms with van der Waals surface area (Å²) in [4.78, 5) is 35.0. The number of unbranched alkanes of at least 4 members (excludes halogenated alkanes) is 17. The average molecular weight is 753 g/mol. The lowest BCUT2D eigenvalue weighted by Crippen LogP contribution is -2.64. The molecule has 300 valence electrons. The van der Waals surface area contributed by atoms with Crippen molar-refractivity contribution >= 4 is 19.8 Å². The highest BCUT2D eigenvalue weighted by molar-refractivity contribution is 7.47. The quantitative estimate of drug-likeness (QED) is 0.0210. The summed E-state index contributed by atoms with van der Waals surface area (Å²) < 4.78 is 33.0. The molecule has 0 aromatic carbocycles. The first kappa shape index (κ1) is 47.6. The molecule has 0 aliphatic heterocycles. The van der Waals surface area contributed by atoms with Gasteiger partial charge in [-0.1, -0.05) is 116 Å². The summed E-state index contributed by atoms with van der Waals surface area (Å²) in [5.74, 6) is -1.13. The third-order valence-electron chi connectivity index (χ3n) is 9.11. The van der Waals surface area contributed by atoms with Gasteiger partial charge in [0.15, 0.2) is 6.10 Å². The van der Waals surface area contributed by atoms with Gasteiger partial charge in [0.05, 0.1) is 6.61 Å². The first-order valence-electron chi connectivity index (χ1n) is 19.5. The van der Waals surface area contributed by atoms with Crippen molar-refractivity contribution in [2.24, 2.45) is 0 Å². The van der Waals surface area contributed by atoms with E-state index in [1.54, 1.807) is 0 Å². The number of esters is 2. The number of hydrogen-bond donors (Lipinski definition) is 6. The lowest BCUT2D eigenvalue weighted by Gasteiger charge is -2.41. The molecule has 0 spiro atoms. The Morgan fingerprint density at radius 2 is 1.00 bits per heavy atom. The van der Waals surface area contributed by atoms with Crippen LogP contribution in [0.2, 0.25) is 0 Å². The molecular formula is C37H69O13P. The van der Waals surface area contributed by atoms with Gasteiger partial charge in [0, 0.05) is 12.8 Å². The predicted molar refractivity (Wildman–Crippen MR) is 194 cm³/mol. The Hall–Kier alpha value is -1.41. The van der Waals surface area contributed by atoms with E-state index in [9.17, 15) is 44.6 Å². The number of phosphoric ester groups is 1. The molecule has 1 aliphatic rings. The van der Waals surface area contributed by atoms with Crippen LogP contribution in [0.1, 0.15) is 155 Å². The van der Waals surface area contributed by atoms with E-state index in [2.05, 4.69) is 19.1 Å². The molecule has 1 rings (SSSR count). The summed E-state index contributed by atoms with van der Waals surface area (Å²) in [6.07, 6.45) is 14.0. The molecule has 0 bridgehead atoms. The Morgan fingerprint density at radius 3 is 1.53 bits per heavy atom. The molecular weight excluding hydrogens is 683 g/mol. The van der Waals surface area contributed by atoms with Gasteiger partial charge in [0.2, 0.25) is 0 Å². The molecule has 6 unspecified atom stereocenters. The Bertz CT molecular complexity index is 964. The molecule has 0 aromatic heterocycles. The molecule has 6 N–H and O–H groups in total. The molecule has 14 heteroatoms. The largest absolute Gasteiger partial charge is 0.472 e. The van der Waals surface area contributed by atoms with Crippen molar-refractivity contribution in [3.05, 3.63) is 12.2 Å². The molecule has 0 radical (unpaired) electrons. The zero-order valence-electron chi connectivity index (χ0n) is 31.2. The van der Waals surface area contributed by atoms with Crippen molar-refractivity contribution in [3.63, 3.8) is 0 Å². The van der Waals surface area contributed by atoms with Gasteiger partial charge in [0.25, 0.3) is 0 Å². The van der Waals surface area contributed by atoms with Crippen LogP contribution in [0.3, 0.4) is 0 Å². The van der Waals surface area contributed by atoms with Crippen LogP contribution in [0.5, 0.6) is 0 Å². The molecule has 1 fully saturated rings. The number of phosphoric acid groups is 1. The molecule has 0 aromatic rings. The van der Waals surface area contributed by atoms with Gasteiger partial charge in [0.1, 0.15) is 43.2 Å². The minimum atomic E-state index is -5.09. The molecule has 0 heterocycles. The van der Waals surface area contributed by atoms with E-state index in [0.29, 0.717) is 12.8 Å². The van der Waals surface area contributed by atoms with Crippen molar-refractivity contribution in [1.82, 2.24) is 0 Å². The Balaban J connectivity index is 2.36. The van der Waals surface area contributed by atoms with Gasteiger partial charge >= 0.3 is 19.8 Å². The van der Waals surface area contributed by atoms with Crippen molar-refractivity contribution in [3.8, 4) is 0 Å². The normalized spacial score (nSPS) is 24.0. The number of ether oxygens (including phenoxy) is 2. The zero-order chi connectivity index (χ0) is 37.9. The van der Waals surface area contributed by atoms with Gasteiger partial charge in [-0.2, -0.15) is 0 Å². The number of carbonyl (C=O) groups is 2. The number of aliphatic hydroxyl groups is 5. The highest BCUT2D eigenvalue weighted by Crippen LogP contribution is 2.47. The van der Waals surface area contributed by atoms with E-state index in [-0.39, 0.29) is 12.8 Å². The maximum Gasteiger partial charge on any atom is 0.472 e. The molecule has 0 saturated heterocycles. The maximum atomic E-state index is 12.6. The molecule has 6 atom stereocenters. The second-order valence-corrected chi connectivity index (χ2v) is 15.2. The van der Waals surface area contributed by atoms with E-state index < -0.39 is 75.7 Å². The Labute approximate surface area is 305 Å². The minimum Gasteiger partial charge on any atom is -0.462 e. The highest BCUT2D eigenvalue weighted by atomic mass is 31.2. The summed E-state index contributed by atoms with van der Waals surface area (Å²) >= 11 is 0. The van der Waals surface area contributed by atoms with Crippen LogP contribution in [0.25, 0.3) is 0 Å². The van der Waals surface area contributed by atoms with Crippen LogP contribution in [-0.4, -0.2) is 98.3 Å². The van der Waals surface area contributed by atoms with Crippen LogP contribution < -0.4 is 0 Å². The number of carbonyl (C=O) groups excluding carboxylic acids is 2. The van der Waals surface area contributed by atoms with E-state index >= 15 is 0 Å². The monoisotopic (exact) mass is 752 g/mol. The average Bonchev–Trinajstić information content (AvgIpc) is 3.10. The van der Waals surface area contributed by atoms with E-state index in [1.807, 2.05) is 6.92 Å². The topological polar surface area (TPSA) is 210 Å². The summed E-state index contributed by atoms with van der Waals surface area (Å²) in [7, 11) is -5.09. The van der Waals surface area contributed by atoms with E-state index in [0.717, 1.165) is 44.9 Å². The van der Waals surface area contributed by atoms with Gasteiger partial charge in [-0.25, -0.2) is 4.57 Å². The maximum absolute atomic E-state index is 12.6. The number of rotatable bonds is 31. The van der Waals surface area contributed by atoms with Gasteiger partial charge in [-0.3, -0.25) is 18.6 Å². The molecule has 13 nitrogen and oxygen atoms in total. The minimum absolute atomic E-state index is 0.0964. The Kier molecular flexibility index (Phi) is 27.1. The van der Waals surface area contributed by atoms with Crippen molar-refractivity contribution < 1.29 is 63.1 Å². The van der Waals surface area contributed by atoms with Crippen LogP contribution in [0.4, 0.5) is 0 Å². The smallest absolute Gasteiger partial charge is 0.462 e. The number of allylic oxidation sites excluding steroid dienone is 2. The first-order valence-corrected chi connectivity index (χ1v) is 21.0. The zero-order valence-corrected chi connectivity index (χ0v) is 32.0. The van der Waals surface area contributed by atoms with Crippen LogP contribution >= 0.6 is 7.82 Å². The van der Waals surface area contributed by atoms with E-state index in [1.165, 1.54) is 70.6 Å². The highest BCUT2D eigenvalue weighted by Gasteiger charge is 2.51. The number of hydrogen-bond acceptors (Lipinski definition) is 12. The van der Waals surface area contributed by atoms with Crippen LogP contribution in [0, 0.1) is 0 Å². The van der Waals surface area contributed by atoms with Crippen molar-refractivity contribution in [2.75, 3.05) is 13.2 Å². The Morgan fingerprint density at radius 1 is 0.588 bits per heavy atom. The molecule has 0 amide bonds. The number of aliphatic hydroxyl groups excluding tert-OH is 5. The fraction of sp³-hybridized carbons (Fsp3) is 0.892. The lowest BCUT2D eigenvalue weighted by atomic mass is 9.85. The van der Waals surface area contributed by atoms with Gasteiger partial charge in [-0.05, 0) is 38.5 Å². The van der Waals surface area contributed by atoms with Crippen LogP contribution in [0.15, 0.2) is 12.2 Å². The van der Waals surface area contributed by atoms with E-state index in [4.69, 9.17) is 18.5 Å². The second kappa shape index (κ2) is 29.0. The van der Waals surface area contributed by atoms with Gasteiger partial charge < -0.3 is 39.9 Å². The third kappa shape index (κ3) is 22.4. The first-order chi connectivity index (χ1) is 24.4. The SMILES string of the molecule is CCCCCCCC/C=C\CCCCCCCCCCCC(=O)OC(COC(=O)CCCCC)COP(=O)(O)OC1C(O)C(O)C(O)C(O)C1O. The van der Waals surface area contributed by atoms with Gasteiger partial charge in [-0.15, -0.1) is 0 Å². The summed E-state index contributed by atoms with van der Waals surface area (Å²) in [5.41, 5.74) is 0. The standard InChI is InChI=1S/C37H69O13P/c1-3-5-7-8-9-10-11-12-13-14-15-16-17-18-19-20-21-22-24-26-31(39)49-29(27-47-30(38)25-23-6-4-2)28-48-51(45,46)50-37-35(43)33(41)32(40)34(42)36(37)44/h12-13,29,32-37,40-44H,3-11,14-28H2,1-2H3,(H,45,46)/b13-12-. The summed E-state index contributed by atoms with van der Waals surface area (Å²) in [6, 6.07) is 0. The molecule has 1 saturated carbocycles. The molecule has 51 heavy (non-hydrogen) atoms. The molecule has 1 aliphatic carbocycles. The second-order valence-electron chi connectivity index (χ2n) is 13.8. The van der Waals surface area contributed by atoms with Crippen molar-refractivity contribution in [2.45, 2.75) is 198 Å². The summed E-state index contributed by atoms with van der Waals surface area (Å²) in [5, 5.41) is 49.7. The summed E-state index contributed by atoms with van der Waals surface area (Å²) in [6.45, 7) is 3.06.